The van der Waals surface area contributed by atoms with E-state index in [9.17, 15) is 22.6 Å². The van der Waals surface area contributed by atoms with Gasteiger partial charge >= 0.3 is 35.6 Å². The SMILES string of the molecule is COC[C@@H]1C=C(C(=O)N(C)C)C2CN1C(=O)N2OS(=O)(=O)[O-].[Na+]. The van der Waals surface area contributed by atoms with Gasteiger partial charge in [-0.2, -0.15) is 9.35 Å². The number of nitrogens with zero attached hydrogens (tertiary/aromatic N) is 3. The van der Waals surface area contributed by atoms with Crippen molar-refractivity contribution in [2.24, 2.45) is 0 Å². The maximum atomic E-state index is 12.2. The summed E-state index contributed by atoms with van der Waals surface area (Å²) in [6, 6.07) is -2.31. The molecule has 2 bridgehead atoms. The number of amides is 3. The molecule has 0 N–H and O–H groups in total. The van der Waals surface area contributed by atoms with Crippen molar-refractivity contribution in [1.82, 2.24) is 14.9 Å². The van der Waals surface area contributed by atoms with Crippen LogP contribution in [-0.2, 0) is 24.2 Å². The number of ether oxygens (including phenoxy) is 1. The fourth-order valence-corrected chi connectivity index (χ4v) is 2.84. The van der Waals surface area contributed by atoms with E-state index in [4.69, 9.17) is 4.74 Å². The van der Waals surface area contributed by atoms with Gasteiger partial charge < -0.3 is 19.1 Å². The van der Waals surface area contributed by atoms with Gasteiger partial charge in [-0.3, -0.25) is 4.79 Å². The third kappa shape index (κ3) is 4.24. The van der Waals surface area contributed by atoms with Crippen LogP contribution in [-0.4, -0.2) is 86.2 Å². The van der Waals surface area contributed by atoms with Crippen LogP contribution in [0, 0.1) is 0 Å². The predicted octanol–water partition coefficient (Wildman–Crippen LogP) is -4.47. The number of fused-ring (bicyclic) bond motifs is 2. The zero-order valence-electron chi connectivity index (χ0n) is 13.3. The van der Waals surface area contributed by atoms with Gasteiger partial charge in [-0.05, 0) is 6.08 Å². The molecule has 0 spiro atoms. The van der Waals surface area contributed by atoms with Gasteiger partial charge in [0.1, 0.15) is 6.04 Å². The van der Waals surface area contributed by atoms with E-state index in [-0.39, 0.29) is 48.3 Å². The molecule has 1 saturated heterocycles. The second-order valence-electron chi connectivity index (χ2n) is 5.10. The third-order valence-electron chi connectivity index (χ3n) is 3.38. The molecular weight excluding hydrogens is 341 g/mol. The van der Waals surface area contributed by atoms with Crippen molar-refractivity contribution in [3.05, 3.63) is 11.6 Å². The molecule has 2 atom stereocenters. The molecule has 0 aromatic heterocycles. The summed E-state index contributed by atoms with van der Waals surface area (Å²) in [6.45, 7) is 0.161. The van der Waals surface area contributed by atoms with E-state index in [1.54, 1.807) is 0 Å². The van der Waals surface area contributed by atoms with E-state index in [1.165, 1.54) is 37.1 Å². The number of urea groups is 1. The van der Waals surface area contributed by atoms with E-state index < -0.39 is 34.4 Å². The molecule has 3 amide bonds. The van der Waals surface area contributed by atoms with Crippen molar-refractivity contribution in [1.29, 1.82) is 0 Å². The molecule has 1 unspecified atom stereocenters. The maximum absolute atomic E-state index is 12.2. The number of likely N-dealkylation sites (N-methyl/N-ethyl adjacent to an activating group) is 1. The number of methoxy groups -OCH3 is 1. The largest absolute Gasteiger partial charge is 1.00 e. The van der Waals surface area contributed by atoms with Crippen LogP contribution in [0.15, 0.2) is 11.6 Å². The fourth-order valence-electron chi connectivity index (χ4n) is 2.47. The first-order chi connectivity index (χ1) is 10.2. The smallest absolute Gasteiger partial charge is 0.724 e. The summed E-state index contributed by atoms with van der Waals surface area (Å²) in [7, 11) is -0.656. The van der Waals surface area contributed by atoms with Crippen molar-refractivity contribution < 1.29 is 61.1 Å². The minimum Gasteiger partial charge on any atom is -0.724 e. The Labute approximate surface area is 156 Å². The minimum atomic E-state index is -5.13. The van der Waals surface area contributed by atoms with Crippen LogP contribution in [0.3, 0.4) is 0 Å². The molecule has 0 aliphatic carbocycles. The molecule has 10 nitrogen and oxygen atoms in total. The van der Waals surface area contributed by atoms with Crippen LogP contribution in [0.2, 0.25) is 0 Å². The summed E-state index contributed by atoms with van der Waals surface area (Å²) in [5.74, 6) is -0.405. The third-order valence-corrected chi connectivity index (χ3v) is 3.72. The van der Waals surface area contributed by atoms with Gasteiger partial charge in [0, 0.05) is 26.8 Å². The van der Waals surface area contributed by atoms with Crippen LogP contribution in [0.4, 0.5) is 4.79 Å². The molecule has 1 fully saturated rings. The van der Waals surface area contributed by atoms with E-state index in [2.05, 4.69) is 4.28 Å². The molecular formula is C11H16N3NaO7S. The number of hydroxylamine groups is 2. The topological polar surface area (TPSA) is 120 Å². The van der Waals surface area contributed by atoms with Gasteiger partial charge in [0.2, 0.25) is 10.4 Å². The van der Waals surface area contributed by atoms with E-state index in [0.29, 0.717) is 5.06 Å². The Balaban J connectivity index is 0.00000264. The van der Waals surface area contributed by atoms with Gasteiger partial charge in [0.25, 0.3) is 5.91 Å². The summed E-state index contributed by atoms with van der Waals surface area (Å²) in [5.41, 5.74) is 0.179. The fraction of sp³-hybridized carbons (Fsp3) is 0.636. The number of rotatable bonds is 5. The summed E-state index contributed by atoms with van der Waals surface area (Å²) < 4.78 is 41.6. The average Bonchev–Trinajstić information content (AvgIpc) is 2.66. The number of carbonyl (C=O) groups excluding carboxylic acids is 2. The molecule has 2 rings (SSSR count). The second-order valence-corrected chi connectivity index (χ2v) is 6.07. The summed E-state index contributed by atoms with van der Waals surface area (Å²) >= 11 is 0. The first-order valence-electron chi connectivity index (χ1n) is 6.33. The summed E-state index contributed by atoms with van der Waals surface area (Å²) in [5, 5.41) is 0.436. The molecule has 0 radical (unpaired) electrons. The molecule has 124 valence electrons. The first kappa shape index (κ1) is 20.4. The number of hydrogen-bond donors (Lipinski definition) is 0. The summed E-state index contributed by atoms with van der Waals surface area (Å²) in [6.07, 6.45) is 1.53. The van der Waals surface area contributed by atoms with E-state index in [0.717, 1.165) is 0 Å². The Hall–Kier alpha value is -0.690. The molecule has 23 heavy (non-hydrogen) atoms. The quantitative estimate of drug-likeness (QED) is 0.276. The predicted molar refractivity (Wildman–Crippen MR) is 71.0 cm³/mol. The van der Waals surface area contributed by atoms with Crippen LogP contribution < -0.4 is 29.6 Å². The van der Waals surface area contributed by atoms with Crippen molar-refractivity contribution in [2.45, 2.75) is 12.1 Å². The monoisotopic (exact) mass is 357 g/mol. The molecule has 12 heteroatoms. The Morgan fingerprint density at radius 1 is 1.48 bits per heavy atom. The standard InChI is InChI=1S/C11H17N3O7S.Na/c1-12(2)10(15)8-4-7(6-20-3)13-5-9(8)14(11(13)16)21-22(17,18)19;/h4,7,9H,5-6H2,1-3H3,(H,17,18,19);/q;+1/p-1/t7-,9?;/m0./s1. The molecule has 0 aromatic rings. The Bertz CT molecular complexity index is 621. The van der Waals surface area contributed by atoms with Crippen molar-refractivity contribution in [3.8, 4) is 0 Å². The first-order valence-corrected chi connectivity index (χ1v) is 7.66. The van der Waals surface area contributed by atoms with Crippen LogP contribution in [0.1, 0.15) is 0 Å². The van der Waals surface area contributed by atoms with Crippen LogP contribution in [0.25, 0.3) is 0 Å². The van der Waals surface area contributed by atoms with Crippen molar-refractivity contribution in [2.75, 3.05) is 34.4 Å². The van der Waals surface area contributed by atoms with Gasteiger partial charge in [-0.25, -0.2) is 13.2 Å². The van der Waals surface area contributed by atoms with Crippen molar-refractivity contribution in [3.63, 3.8) is 0 Å². The van der Waals surface area contributed by atoms with Crippen LogP contribution in [0.5, 0.6) is 0 Å². The van der Waals surface area contributed by atoms with E-state index in [1.807, 2.05) is 0 Å². The Morgan fingerprint density at radius 2 is 2.09 bits per heavy atom. The molecule has 2 heterocycles. The maximum Gasteiger partial charge on any atom is 1.00 e. The molecule has 2 aliphatic heterocycles. The Kier molecular flexibility index (Phi) is 6.61. The number of carbonyl (C=O) groups is 2. The van der Waals surface area contributed by atoms with Gasteiger partial charge in [0.15, 0.2) is 0 Å². The zero-order chi connectivity index (χ0) is 16.7. The molecule has 0 aromatic carbocycles. The van der Waals surface area contributed by atoms with Gasteiger partial charge in [0.05, 0.1) is 19.2 Å². The molecule has 2 aliphatic rings. The zero-order valence-corrected chi connectivity index (χ0v) is 16.1. The summed E-state index contributed by atoms with van der Waals surface area (Å²) in [4.78, 5) is 27.0. The second kappa shape index (κ2) is 7.47. The van der Waals surface area contributed by atoms with Crippen LogP contribution >= 0.6 is 0 Å². The average molecular weight is 357 g/mol. The van der Waals surface area contributed by atoms with Crippen molar-refractivity contribution >= 4 is 22.3 Å². The number of hydrogen-bond acceptors (Lipinski definition) is 7. The van der Waals surface area contributed by atoms with E-state index >= 15 is 0 Å². The van der Waals surface area contributed by atoms with Gasteiger partial charge in [-0.15, -0.1) is 0 Å². The van der Waals surface area contributed by atoms with Gasteiger partial charge in [-0.1, -0.05) is 0 Å². The minimum absolute atomic E-state index is 0. The Morgan fingerprint density at radius 3 is 2.57 bits per heavy atom. The normalized spacial score (nSPS) is 23.5. The molecule has 0 saturated carbocycles.